The normalized spacial score (nSPS) is 11.2. The Kier molecular flexibility index (Phi) is 4.24. The van der Waals surface area contributed by atoms with Gasteiger partial charge in [0, 0.05) is 11.9 Å². The molecule has 0 aliphatic rings. The summed E-state index contributed by atoms with van der Waals surface area (Å²) >= 11 is 0. The Morgan fingerprint density at radius 3 is 2.50 bits per heavy atom. The van der Waals surface area contributed by atoms with Crippen molar-refractivity contribution in [3.63, 3.8) is 0 Å². The first kappa shape index (κ1) is 14.3. The molecule has 6 heteroatoms. The molecule has 0 fully saturated rings. The number of anilines is 2. The molecular formula is C14H17N3O2S. The number of hydrogen-bond donors (Lipinski definition) is 2. The van der Waals surface area contributed by atoms with Crippen molar-refractivity contribution in [3.05, 3.63) is 48.2 Å². The third-order valence-corrected chi connectivity index (χ3v) is 4.15. The Balaban J connectivity index is 2.22. The van der Waals surface area contributed by atoms with E-state index in [-0.39, 0.29) is 10.7 Å². The van der Waals surface area contributed by atoms with Gasteiger partial charge in [-0.15, -0.1) is 0 Å². The van der Waals surface area contributed by atoms with Gasteiger partial charge in [-0.1, -0.05) is 25.5 Å². The average Bonchev–Trinajstić information content (AvgIpc) is 2.41. The molecule has 0 aliphatic heterocycles. The van der Waals surface area contributed by atoms with Gasteiger partial charge in [-0.25, -0.2) is 4.98 Å². The lowest BCUT2D eigenvalue weighted by atomic mass is 10.1. The number of hydrogen-bond acceptors (Lipinski definition) is 4. The van der Waals surface area contributed by atoms with Gasteiger partial charge in [0.15, 0.2) is 5.03 Å². The van der Waals surface area contributed by atoms with Crippen LogP contribution < -0.4 is 10.5 Å². The fourth-order valence-corrected chi connectivity index (χ4v) is 2.98. The summed E-state index contributed by atoms with van der Waals surface area (Å²) in [7, 11) is -3.76. The molecule has 0 unspecified atom stereocenters. The van der Waals surface area contributed by atoms with E-state index in [1.165, 1.54) is 17.8 Å². The van der Waals surface area contributed by atoms with Gasteiger partial charge in [-0.3, -0.25) is 4.72 Å². The number of benzene rings is 1. The highest BCUT2D eigenvalue weighted by Crippen LogP contribution is 2.19. The molecule has 106 valence electrons. The zero-order chi connectivity index (χ0) is 14.6. The lowest BCUT2D eigenvalue weighted by Crippen LogP contribution is -2.16. The van der Waals surface area contributed by atoms with Crippen molar-refractivity contribution >= 4 is 21.4 Å². The molecule has 20 heavy (non-hydrogen) atoms. The number of sulfonamides is 1. The summed E-state index contributed by atoms with van der Waals surface area (Å²) in [6, 6.07) is 10.4. The molecule has 5 nitrogen and oxygen atoms in total. The summed E-state index contributed by atoms with van der Waals surface area (Å²) in [5.74, 6) is 0. The monoisotopic (exact) mass is 291 g/mol. The fraction of sp³-hybridized carbons (Fsp3) is 0.214. The molecule has 1 aromatic heterocycles. The quantitative estimate of drug-likeness (QED) is 0.886. The van der Waals surface area contributed by atoms with Gasteiger partial charge in [0.2, 0.25) is 0 Å². The van der Waals surface area contributed by atoms with E-state index in [1.54, 1.807) is 18.2 Å². The third kappa shape index (κ3) is 3.27. The predicted octanol–water partition coefficient (Wildman–Crippen LogP) is 2.42. The van der Waals surface area contributed by atoms with Gasteiger partial charge in [0.1, 0.15) is 0 Å². The third-order valence-electron chi connectivity index (χ3n) is 2.80. The lowest BCUT2D eigenvalue weighted by molar-refractivity contribution is 0.598. The minimum atomic E-state index is -3.76. The van der Waals surface area contributed by atoms with Gasteiger partial charge in [-0.2, -0.15) is 8.42 Å². The fourth-order valence-electron chi connectivity index (χ4n) is 1.86. The Labute approximate surface area is 118 Å². The highest BCUT2D eigenvalue weighted by molar-refractivity contribution is 7.92. The summed E-state index contributed by atoms with van der Waals surface area (Å²) in [5.41, 5.74) is 7.44. The largest absolute Gasteiger partial charge is 0.396 e. The van der Waals surface area contributed by atoms with Crippen molar-refractivity contribution in [2.75, 3.05) is 10.5 Å². The Morgan fingerprint density at radius 1 is 1.20 bits per heavy atom. The van der Waals surface area contributed by atoms with E-state index in [4.69, 9.17) is 5.73 Å². The van der Waals surface area contributed by atoms with E-state index in [0.717, 1.165) is 12.8 Å². The Hall–Kier alpha value is -2.08. The van der Waals surface area contributed by atoms with Crippen LogP contribution in [0, 0.1) is 0 Å². The molecule has 0 atom stereocenters. The van der Waals surface area contributed by atoms with E-state index in [9.17, 15) is 8.42 Å². The van der Waals surface area contributed by atoms with Crippen LogP contribution in [-0.4, -0.2) is 13.4 Å². The molecule has 2 aromatic rings. The van der Waals surface area contributed by atoms with Crippen molar-refractivity contribution in [2.24, 2.45) is 0 Å². The second-order valence-electron chi connectivity index (χ2n) is 4.45. The Bertz CT molecular complexity index is 682. The molecule has 0 amide bonds. The first-order valence-electron chi connectivity index (χ1n) is 6.35. The Morgan fingerprint density at radius 2 is 1.90 bits per heavy atom. The van der Waals surface area contributed by atoms with E-state index < -0.39 is 10.0 Å². The predicted molar refractivity (Wildman–Crippen MR) is 79.9 cm³/mol. The minimum Gasteiger partial charge on any atom is -0.396 e. The first-order chi connectivity index (χ1) is 9.53. The number of aromatic nitrogens is 1. The molecule has 0 aliphatic carbocycles. The summed E-state index contributed by atoms with van der Waals surface area (Å²) in [4.78, 5) is 3.82. The van der Waals surface area contributed by atoms with Crippen LogP contribution in [0.2, 0.25) is 0 Å². The van der Waals surface area contributed by atoms with Crippen LogP contribution in [0.25, 0.3) is 0 Å². The van der Waals surface area contributed by atoms with Gasteiger partial charge in [0.25, 0.3) is 10.0 Å². The SMILES string of the molecule is CCCc1ccc(NS(=O)(=O)c2ncccc2N)cc1. The topological polar surface area (TPSA) is 85.1 Å². The van der Waals surface area contributed by atoms with E-state index in [2.05, 4.69) is 16.6 Å². The second-order valence-corrected chi connectivity index (χ2v) is 6.05. The molecule has 0 saturated heterocycles. The molecule has 0 bridgehead atoms. The van der Waals surface area contributed by atoms with Gasteiger partial charge < -0.3 is 5.73 Å². The molecule has 1 heterocycles. The van der Waals surface area contributed by atoms with Crippen molar-refractivity contribution in [1.29, 1.82) is 0 Å². The van der Waals surface area contributed by atoms with Crippen LogP contribution in [-0.2, 0) is 16.4 Å². The molecule has 0 saturated carbocycles. The van der Waals surface area contributed by atoms with Crippen molar-refractivity contribution in [3.8, 4) is 0 Å². The summed E-state index contributed by atoms with van der Waals surface area (Å²) < 4.78 is 26.8. The van der Waals surface area contributed by atoms with Crippen LogP contribution in [0.5, 0.6) is 0 Å². The maximum Gasteiger partial charge on any atom is 0.281 e. The van der Waals surface area contributed by atoms with Crippen LogP contribution >= 0.6 is 0 Å². The molecule has 2 rings (SSSR count). The lowest BCUT2D eigenvalue weighted by Gasteiger charge is -2.09. The van der Waals surface area contributed by atoms with Crippen molar-refractivity contribution < 1.29 is 8.42 Å². The number of pyridine rings is 1. The summed E-state index contributed by atoms with van der Waals surface area (Å²) in [6.45, 7) is 2.10. The van der Waals surface area contributed by atoms with Crippen molar-refractivity contribution in [1.82, 2.24) is 4.98 Å². The number of nitrogens with two attached hydrogens (primary N) is 1. The van der Waals surface area contributed by atoms with Crippen LogP contribution in [0.3, 0.4) is 0 Å². The van der Waals surface area contributed by atoms with E-state index in [1.807, 2.05) is 12.1 Å². The summed E-state index contributed by atoms with van der Waals surface area (Å²) in [6.07, 6.45) is 3.42. The maximum absolute atomic E-state index is 12.2. The van der Waals surface area contributed by atoms with E-state index in [0.29, 0.717) is 5.69 Å². The van der Waals surface area contributed by atoms with Gasteiger partial charge >= 0.3 is 0 Å². The average molecular weight is 291 g/mol. The molecule has 3 N–H and O–H groups in total. The standard InChI is InChI=1S/C14H17N3O2S/c1-2-4-11-6-8-12(9-7-11)17-20(18,19)14-13(15)5-3-10-16-14/h3,5-10,17H,2,4,15H2,1H3. The highest BCUT2D eigenvalue weighted by atomic mass is 32.2. The zero-order valence-corrected chi connectivity index (χ0v) is 12.0. The number of rotatable bonds is 5. The maximum atomic E-state index is 12.2. The zero-order valence-electron chi connectivity index (χ0n) is 11.2. The number of aryl methyl sites for hydroxylation is 1. The van der Waals surface area contributed by atoms with Crippen molar-refractivity contribution in [2.45, 2.75) is 24.8 Å². The smallest absolute Gasteiger partial charge is 0.281 e. The molecule has 0 spiro atoms. The number of nitrogen functional groups attached to an aromatic ring is 1. The second kappa shape index (κ2) is 5.92. The van der Waals surface area contributed by atoms with Crippen LogP contribution in [0.1, 0.15) is 18.9 Å². The minimum absolute atomic E-state index is 0.127. The molecule has 1 aromatic carbocycles. The number of nitrogens with zero attached hydrogens (tertiary/aromatic N) is 1. The van der Waals surface area contributed by atoms with Gasteiger partial charge in [0.05, 0.1) is 5.69 Å². The molecule has 0 radical (unpaired) electrons. The van der Waals surface area contributed by atoms with Crippen LogP contribution in [0.15, 0.2) is 47.6 Å². The first-order valence-corrected chi connectivity index (χ1v) is 7.83. The highest BCUT2D eigenvalue weighted by Gasteiger charge is 2.18. The van der Waals surface area contributed by atoms with E-state index >= 15 is 0 Å². The van der Waals surface area contributed by atoms with Gasteiger partial charge in [-0.05, 0) is 36.2 Å². The summed E-state index contributed by atoms with van der Waals surface area (Å²) in [5, 5.41) is -0.155. The number of nitrogens with one attached hydrogen (secondary N) is 1. The van der Waals surface area contributed by atoms with Crippen LogP contribution in [0.4, 0.5) is 11.4 Å². The molecular weight excluding hydrogens is 274 g/mol.